The van der Waals surface area contributed by atoms with E-state index < -0.39 is 0 Å². The topological polar surface area (TPSA) is 54.5 Å². The summed E-state index contributed by atoms with van der Waals surface area (Å²) in [6, 6.07) is 12.5. The predicted molar refractivity (Wildman–Crippen MR) is 82.7 cm³/mol. The van der Waals surface area contributed by atoms with Gasteiger partial charge in [0.25, 0.3) is 0 Å². The standard InChI is InChI=1S/C17H22N4/c1-2-3-4-8-13-21-17(16(14-18)19-20-21)12-11-15-9-6-5-7-10-15/h5-7,9-10H,2-4,8,11-13H2,1H3. The molecule has 0 unspecified atom stereocenters. The van der Waals surface area contributed by atoms with Gasteiger partial charge in [-0.2, -0.15) is 5.26 Å². The van der Waals surface area contributed by atoms with Gasteiger partial charge in [-0.3, -0.25) is 0 Å². The minimum Gasteiger partial charge on any atom is -0.248 e. The quantitative estimate of drug-likeness (QED) is 0.696. The first-order valence-electron chi connectivity index (χ1n) is 7.71. The summed E-state index contributed by atoms with van der Waals surface area (Å²) in [5, 5.41) is 17.3. The molecule has 0 radical (unpaired) electrons. The summed E-state index contributed by atoms with van der Waals surface area (Å²) in [6.07, 6.45) is 6.50. The van der Waals surface area contributed by atoms with Crippen LogP contribution in [0, 0.1) is 11.3 Å². The van der Waals surface area contributed by atoms with Crippen LogP contribution >= 0.6 is 0 Å². The molecule has 110 valence electrons. The lowest BCUT2D eigenvalue weighted by Gasteiger charge is -2.06. The van der Waals surface area contributed by atoms with Crippen LogP contribution in [0.5, 0.6) is 0 Å². The highest BCUT2D eigenvalue weighted by Gasteiger charge is 2.12. The van der Waals surface area contributed by atoms with Crippen LogP contribution in [0.2, 0.25) is 0 Å². The van der Waals surface area contributed by atoms with Gasteiger partial charge >= 0.3 is 0 Å². The summed E-state index contributed by atoms with van der Waals surface area (Å²) in [7, 11) is 0. The summed E-state index contributed by atoms with van der Waals surface area (Å²) in [5.41, 5.74) is 2.72. The Bertz CT molecular complexity index is 581. The Kier molecular flexibility index (Phi) is 5.96. The number of hydrogen-bond donors (Lipinski definition) is 0. The van der Waals surface area contributed by atoms with Gasteiger partial charge in [-0.25, -0.2) is 4.68 Å². The molecule has 0 fully saturated rings. The van der Waals surface area contributed by atoms with Crippen LogP contribution in [0.1, 0.15) is 49.6 Å². The van der Waals surface area contributed by atoms with Crippen molar-refractivity contribution in [2.75, 3.05) is 0 Å². The van der Waals surface area contributed by atoms with Crippen molar-refractivity contribution in [2.24, 2.45) is 0 Å². The van der Waals surface area contributed by atoms with Crippen molar-refractivity contribution in [1.82, 2.24) is 15.0 Å². The maximum absolute atomic E-state index is 9.17. The molecule has 2 rings (SSSR count). The van der Waals surface area contributed by atoms with Gasteiger partial charge in [-0.1, -0.05) is 61.7 Å². The Morgan fingerprint density at radius 1 is 1.10 bits per heavy atom. The zero-order chi connectivity index (χ0) is 14.9. The summed E-state index contributed by atoms with van der Waals surface area (Å²) in [6.45, 7) is 3.06. The molecule has 0 saturated heterocycles. The third-order valence-electron chi connectivity index (χ3n) is 3.66. The van der Waals surface area contributed by atoms with E-state index in [-0.39, 0.29) is 0 Å². The average Bonchev–Trinajstić information content (AvgIpc) is 2.92. The van der Waals surface area contributed by atoms with Crippen molar-refractivity contribution in [3.05, 3.63) is 47.3 Å². The molecule has 1 heterocycles. The van der Waals surface area contributed by atoms with E-state index in [9.17, 15) is 5.26 Å². The lowest BCUT2D eigenvalue weighted by Crippen LogP contribution is -2.07. The van der Waals surface area contributed by atoms with Crippen molar-refractivity contribution < 1.29 is 0 Å². The Balaban J connectivity index is 1.99. The van der Waals surface area contributed by atoms with Gasteiger partial charge in [0.1, 0.15) is 6.07 Å². The normalized spacial score (nSPS) is 10.5. The van der Waals surface area contributed by atoms with Crippen LogP contribution < -0.4 is 0 Å². The second kappa shape index (κ2) is 8.21. The predicted octanol–water partition coefficient (Wildman–Crippen LogP) is 3.52. The van der Waals surface area contributed by atoms with E-state index in [0.29, 0.717) is 5.69 Å². The minimum atomic E-state index is 0.474. The van der Waals surface area contributed by atoms with E-state index in [1.807, 2.05) is 22.9 Å². The third kappa shape index (κ3) is 4.42. The van der Waals surface area contributed by atoms with E-state index in [0.717, 1.165) is 31.5 Å². The van der Waals surface area contributed by atoms with Crippen LogP contribution in [0.15, 0.2) is 30.3 Å². The Morgan fingerprint density at radius 3 is 2.62 bits per heavy atom. The van der Waals surface area contributed by atoms with E-state index in [1.54, 1.807) is 0 Å². The van der Waals surface area contributed by atoms with Crippen molar-refractivity contribution in [1.29, 1.82) is 5.26 Å². The lowest BCUT2D eigenvalue weighted by molar-refractivity contribution is 0.511. The molecule has 1 aromatic heterocycles. The molecule has 4 nitrogen and oxygen atoms in total. The van der Waals surface area contributed by atoms with Gasteiger partial charge < -0.3 is 0 Å². The van der Waals surface area contributed by atoms with Crippen LogP contribution in [-0.4, -0.2) is 15.0 Å². The molecule has 0 amide bonds. The van der Waals surface area contributed by atoms with E-state index in [1.165, 1.54) is 24.8 Å². The fraction of sp³-hybridized carbons (Fsp3) is 0.471. The maximum Gasteiger partial charge on any atom is 0.185 e. The molecule has 0 aliphatic rings. The summed E-state index contributed by atoms with van der Waals surface area (Å²) >= 11 is 0. The number of aromatic nitrogens is 3. The van der Waals surface area contributed by atoms with Gasteiger partial charge in [0.05, 0.1) is 5.69 Å². The first-order chi connectivity index (χ1) is 10.3. The summed E-state index contributed by atoms with van der Waals surface area (Å²) in [4.78, 5) is 0. The molecule has 0 N–H and O–H groups in total. The SMILES string of the molecule is CCCCCCn1nnc(C#N)c1CCc1ccccc1. The molecule has 4 heteroatoms. The largest absolute Gasteiger partial charge is 0.248 e. The number of benzene rings is 1. The first-order valence-corrected chi connectivity index (χ1v) is 7.71. The molecule has 0 saturated carbocycles. The minimum absolute atomic E-state index is 0.474. The summed E-state index contributed by atoms with van der Waals surface area (Å²) < 4.78 is 1.91. The third-order valence-corrected chi connectivity index (χ3v) is 3.66. The highest BCUT2D eigenvalue weighted by molar-refractivity contribution is 5.26. The van der Waals surface area contributed by atoms with Gasteiger partial charge in [0.2, 0.25) is 0 Å². The van der Waals surface area contributed by atoms with Crippen molar-refractivity contribution >= 4 is 0 Å². The fourth-order valence-electron chi connectivity index (χ4n) is 2.44. The molecule has 0 aliphatic heterocycles. The maximum atomic E-state index is 9.17. The molecule has 0 bridgehead atoms. The molecule has 0 atom stereocenters. The number of aryl methyl sites for hydroxylation is 2. The molecular weight excluding hydrogens is 260 g/mol. The van der Waals surface area contributed by atoms with E-state index in [2.05, 4.69) is 35.4 Å². The van der Waals surface area contributed by atoms with Gasteiger partial charge in [-0.05, 0) is 24.8 Å². The number of rotatable bonds is 8. The fourth-order valence-corrected chi connectivity index (χ4v) is 2.44. The molecular formula is C17H22N4. The molecule has 0 spiro atoms. The monoisotopic (exact) mass is 282 g/mol. The second-order valence-electron chi connectivity index (χ2n) is 5.27. The van der Waals surface area contributed by atoms with Crippen LogP contribution in [-0.2, 0) is 19.4 Å². The Labute approximate surface area is 126 Å². The second-order valence-corrected chi connectivity index (χ2v) is 5.27. The number of unbranched alkanes of at least 4 members (excludes halogenated alkanes) is 3. The smallest absolute Gasteiger partial charge is 0.185 e. The van der Waals surface area contributed by atoms with E-state index >= 15 is 0 Å². The molecule has 21 heavy (non-hydrogen) atoms. The van der Waals surface area contributed by atoms with Gasteiger partial charge in [0.15, 0.2) is 5.69 Å². The van der Waals surface area contributed by atoms with Crippen LogP contribution in [0.25, 0.3) is 0 Å². The zero-order valence-corrected chi connectivity index (χ0v) is 12.6. The molecule has 2 aromatic rings. The van der Waals surface area contributed by atoms with Crippen LogP contribution in [0.4, 0.5) is 0 Å². The Hall–Kier alpha value is -2.15. The molecule has 0 aliphatic carbocycles. The van der Waals surface area contributed by atoms with Gasteiger partial charge in [-0.15, -0.1) is 5.10 Å². The van der Waals surface area contributed by atoms with E-state index in [4.69, 9.17) is 0 Å². The lowest BCUT2D eigenvalue weighted by atomic mass is 10.1. The van der Waals surface area contributed by atoms with Gasteiger partial charge in [0, 0.05) is 6.54 Å². The summed E-state index contributed by atoms with van der Waals surface area (Å²) in [5.74, 6) is 0. The number of hydrogen-bond acceptors (Lipinski definition) is 3. The number of nitrogens with zero attached hydrogens (tertiary/aromatic N) is 4. The molecule has 1 aromatic carbocycles. The van der Waals surface area contributed by atoms with Crippen LogP contribution in [0.3, 0.4) is 0 Å². The Morgan fingerprint density at radius 2 is 1.90 bits per heavy atom. The van der Waals surface area contributed by atoms with Crippen molar-refractivity contribution in [3.63, 3.8) is 0 Å². The highest BCUT2D eigenvalue weighted by Crippen LogP contribution is 2.11. The first kappa shape index (κ1) is 15.2. The highest BCUT2D eigenvalue weighted by atomic mass is 15.4. The number of nitriles is 1. The average molecular weight is 282 g/mol. The van der Waals surface area contributed by atoms with Crippen molar-refractivity contribution in [3.8, 4) is 6.07 Å². The zero-order valence-electron chi connectivity index (χ0n) is 12.6. The van der Waals surface area contributed by atoms with Crippen molar-refractivity contribution in [2.45, 2.75) is 52.0 Å².